The minimum atomic E-state index is -0.135. The van der Waals surface area contributed by atoms with E-state index in [0.717, 1.165) is 31.5 Å². The van der Waals surface area contributed by atoms with E-state index in [4.69, 9.17) is 0 Å². The summed E-state index contributed by atoms with van der Waals surface area (Å²) < 4.78 is 1.63. The Labute approximate surface area is 171 Å². The number of piperidine rings is 1. The van der Waals surface area contributed by atoms with Gasteiger partial charge in [-0.1, -0.05) is 32.0 Å². The van der Waals surface area contributed by atoms with Crippen LogP contribution in [0.25, 0.3) is 5.69 Å². The van der Waals surface area contributed by atoms with Crippen molar-refractivity contribution in [1.29, 1.82) is 0 Å². The number of para-hydroxylation sites is 1. The Morgan fingerprint density at radius 3 is 2.66 bits per heavy atom. The normalized spacial score (nSPS) is 21.5. The van der Waals surface area contributed by atoms with Gasteiger partial charge in [0.05, 0.1) is 11.7 Å². The van der Waals surface area contributed by atoms with E-state index >= 15 is 0 Å². The van der Waals surface area contributed by atoms with E-state index in [0.29, 0.717) is 31.3 Å². The number of benzene rings is 1. The van der Waals surface area contributed by atoms with Crippen molar-refractivity contribution in [3.05, 3.63) is 42.5 Å². The molecule has 0 bridgehead atoms. The third kappa shape index (κ3) is 4.18. The van der Waals surface area contributed by atoms with Crippen LogP contribution in [0.15, 0.2) is 36.7 Å². The Kier molecular flexibility index (Phi) is 5.65. The first kappa shape index (κ1) is 19.6. The Morgan fingerprint density at radius 2 is 1.90 bits per heavy atom. The summed E-state index contributed by atoms with van der Waals surface area (Å²) in [6.45, 7) is 6.42. The summed E-state index contributed by atoms with van der Waals surface area (Å²) in [7, 11) is 0. The molecule has 3 heterocycles. The number of hydrogen-bond acceptors (Lipinski definition) is 4. The molecule has 0 spiro atoms. The summed E-state index contributed by atoms with van der Waals surface area (Å²) >= 11 is 0. The highest BCUT2D eigenvalue weighted by Gasteiger charge is 2.42. The predicted molar refractivity (Wildman–Crippen MR) is 110 cm³/mol. The van der Waals surface area contributed by atoms with Gasteiger partial charge in [0.15, 0.2) is 0 Å². The maximum absolute atomic E-state index is 13.1. The van der Waals surface area contributed by atoms with E-state index < -0.39 is 0 Å². The molecule has 4 rings (SSSR count). The Balaban J connectivity index is 1.44. The fraction of sp³-hybridized carbons (Fsp3) is 0.545. The molecule has 2 atom stereocenters. The monoisotopic (exact) mass is 395 g/mol. The van der Waals surface area contributed by atoms with Crippen molar-refractivity contribution in [2.45, 2.75) is 45.6 Å². The van der Waals surface area contributed by atoms with Gasteiger partial charge in [-0.25, -0.2) is 9.67 Å². The van der Waals surface area contributed by atoms with Gasteiger partial charge in [0, 0.05) is 26.1 Å². The molecule has 0 saturated carbocycles. The lowest BCUT2D eigenvalue weighted by Crippen LogP contribution is -2.51. The molecule has 7 nitrogen and oxygen atoms in total. The van der Waals surface area contributed by atoms with Crippen molar-refractivity contribution in [3.63, 3.8) is 0 Å². The minimum absolute atomic E-state index is 0.0722. The number of hydrogen-bond donors (Lipinski definition) is 0. The van der Waals surface area contributed by atoms with Crippen LogP contribution in [0, 0.1) is 11.8 Å². The highest BCUT2D eigenvalue weighted by atomic mass is 16.2. The van der Waals surface area contributed by atoms with Crippen molar-refractivity contribution < 1.29 is 9.59 Å². The number of nitrogens with zero attached hydrogens (tertiary/aromatic N) is 5. The van der Waals surface area contributed by atoms with Gasteiger partial charge in [0.25, 0.3) is 5.91 Å². The van der Waals surface area contributed by atoms with E-state index in [9.17, 15) is 9.59 Å². The number of rotatable bonds is 5. The molecule has 1 aromatic heterocycles. The summed E-state index contributed by atoms with van der Waals surface area (Å²) in [6, 6.07) is 9.72. The molecule has 7 heteroatoms. The van der Waals surface area contributed by atoms with Crippen molar-refractivity contribution in [2.75, 3.05) is 19.6 Å². The summed E-state index contributed by atoms with van der Waals surface area (Å²) in [6.07, 6.45) is 5.04. The molecule has 2 unspecified atom stereocenters. The fourth-order valence-corrected chi connectivity index (χ4v) is 4.38. The van der Waals surface area contributed by atoms with Crippen LogP contribution in [0.3, 0.4) is 0 Å². The lowest BCUT2D eigenvalue weighted by molar-refractivity contribution is -0.133. The van der Waals surface area contributed by atoms with Crippen LogP contribution in [-0.2, 0) is 4.79 Å². The average molecular weight is 396 g/mol. The molecule has 0 aliphatic carbocycles. The molecular weight excluding hydrogens is 366 g/mol. The highest BCUT2D eigenvalue weighted by molar-refractivity contribution is 5.91. The van der Waals surface area contributed by atoms with Crippen LogP contribution in [0.1, 0.15) is 50.1 Å². The Morgan fingerprint density at radius 1 is 1.14 bits per heavy atom. The number of carbonyl (C=O) groups excluding carboxylic acids is 2. The van der Waals surface area contributed by atoms with E-state index in [1.54, 1.807) is 11.0 Å². The quantitative estimate of drug-likeness (QED) is 0.780. The van der Waals surface area contributed by atoms with Gasteiger partial charge in [-0.3, -0.25) is 9.59 Å². The lowest BCUT2D eigenvalue weighted by Gasteiger charge is -2.38. The van der Waals surface area contributed by atoms with Crippen molar-refractivity contribution >= 4 is 11.8 Å². The van der Waals surface area contributed by atoms with E-state index in [1.807, 2.05) is 40.1 Å². The molecule has 2 fully saturated rings. The topological polar surface area (TPSA) is 71.3 Å². The standard InChI is InChI=1S/C22H29N5O2/c1-16(2)8-9-20(28)25-12-10-17-11-13-26(19(17)14-25)22(29)21-23-15-27(24-21)18-6-4-3-5-7-18/h3-7,15-17,19H,8-14H2,1-2H3. The zero-order valence-corrected chi connectivity index (χ0v) is 17.2. The predicted octanol–water partition coefficient (Wildman–Crippen LogP) is 2.77. The number of likely N-dealkylation sites (tertiary alicyclic amines) is 2. The van der Waals surface area contributed by atoms with Crippen molar-refractivity contribution in [2.24, 2.45) is 11.8 Å². The van der Waals surface area contributed by atoms with Crippen molar-refractivity contribution in [1.82, 2.24) is 24.6 Å². The summed E-state index contributed by atoms with van der Waals surface area (Å²) in [5, 5.41) is 4.40. The first-order chi connectivity index (χ1) is 14.0. The van der Waals surface area contributed by atoms with Gasteiger partial charge in [0.1, 0.15) is 6.33 Å². The van der Waals surface area contributed by atoms with Gasteiger partial charge < -0.3 is 9.80 Å². The second-order valence-corrected chi connectivity index (χ2v) is 8.52. The molecule has 0 N–H and O–H groups in total. The molecule has 154 valence electrons. The van der Waals surface area contributed by atoms with Gasteiger partial charge >= 0.3 is 0 Å². The SMILES string of the molecule is CC(C)CCC(=O)N1CCC2CCN(C(=O)c3ncn(-c4ccccc4)n3)C2C1. The van der Waals surface area contributed by atoms with Crippen molar-refractivity contribution in [3.8, 4) is 5.69 Å². The maximum Gasteiger partial charge on any atom is 0.293 e. The summed E-state index contributed by atoms with van der Waals surface area (Å²) in [5.41, 5.74) is 0.873. The van der Waals surface area contributed by atoms with Crippen LogP contribution < -0.4 is 0 Å². The fourth-order valence-electron chi connectivity index (χ4n) is 4.38. The molecule has 1 aromatic carbocycles. The smallest absolute Gasteiger partial charge is 0.293 e. The average Bonchev–Trinajstić information content (AvgIpc) is 3.39. The highest BCUT2D eigenvalue weighted by Crippen LogP contribution is 2.32. The summed E-state index contributed by atoms with van der Waals surface area (Å²) in [4.78, 5) is 33.8. The lowest BCUT2D eigenvalue weighted by atomic mass is 9.91. The second-order valence-electron chi connectivity index (χ2n) is 8.52. The van der Waals surface area contributed by atoms with Gasteiger partial charge in [0.2, 0.25) is 11.7 Å². The van der Waals surface area contributed by atoms with Crippen LogP contribution in [-0.4, -0.2) is 62.1 Å². The van der Waals surface area contributed by atoms with E-state index in [1.165, 1.54) is 0 Å². The number of fused-ring (bicyclic) bond motifs is 1. The number of carbonyl (C=O) groups is 2. The van der Waals surface area contributed by atoms with Crippen LogP contribution in [0.4, 0.5) is 0 Å². The Bertz CT molecular complexity index is 863. The molecule has 2 aliphatic heterocycles. The summed E-state index contributed by atoms with van der Waals surface area (Å²) in [5.74, 6) is 1.28. The number of aromatic nitrogens is 3. The molecule has 2 saturated heterocycles. The van der Waals surface area contributed by atoms with Crippen LogP contribution in [0.5, 0.6) is 0 Å². The third-order valence-electron chi connectivity index (χ3n) is 6.12. The van der Waals surface area contributed by atoms with Gasteiger partial charge in [-0.05, 0) is 43.2 Å². The Hall–Kier alpha value is -2.70. The molecule has 0 radical (unpaired) electrons. The number of amides is 2. The first-order valence-electron chi connectivity index (χ1n) is 10.6. The maximum atomic E-state index is 13.1. The second kappa shape index (κ2) is 8.35. The molecular formula is C22H29N5O2. The minimum Gasteiger partial charge on any atom is -0.341 e. The van der Waals surface area contributed by atoms with Crippen LogP contribution in [0.2, 0.25) is 0 Å². The molecule has 29 heavy (non-hydrogen) atoms. The molecule has 2 amide bonds. The van der Waals surface area contributed by atoms with Crippen LogP contribution >= 0.6 is 0 Å². The van der Waals surface area contributed by atoms with Gasteiger partial charge in [-0.15, -0.1) is 5.10 Å². The zero-order valence-electron chi connectivity index (χ0n) is 17.2. The molecule has 2 aliphatic rings. The zero-order chi connectivity index (χ0) is 20.4. The third-order valence-corrected chi connectivity index (χ3v) is 6.12. The largest absolute Gasteiger partial charge is 0.341 e. The first-order valence-corrected chi connectivity index (χ1v) is 10.6. The van der Waals surface area contributed by atoms with Gasteiger partial charge in [-0.2, -0.15) is 0 Å². The molecule has 2 aromatic rings. The van der Waals surface area contributed by atoms with E-state index in [2.05, 4.69) is 23.9 Å². The van der Waals surface area contributed by atoms with E-state index in [-0.39, 0.29) is 23.7 Å².